The summed E-state index contributed by atoms with van der Waals surface area (Å²) in [5, 5.41) is 0. The first kappa shape index (κ1) is 15.2. The Morgan fingerprint density at radius 1 is 1.20 bits per heavy atom. The van der Waals surface area contributed by atoms with Crippen LogP contribution in [-0.4, -0.2) is 29.3 Å². The van der Waals surface area contributed by atoms with E-state index in [1.54, 1.807) is 0 Å². The minimum atomic E-state index is -1.62. The summed E-state index contributed by atoms with van der Waals surface area (Å²) in [6, 6.07) is 1.55. The number of amides is 1. The van der Waals surface area contributed by atoms with Crippen LogP contribution in [0.1, 0.15) is 36.0 Å². The predicted molar refractivity (Wildman–Crippen MR) is 70.3 cm³/mol. The van der Waals surface area contributed by atoms with E-state index in [1.165, 1.54) is 4.90 Å². The zero-order chi connectivity index (χ0) is 14.7. The molecule has 0 aromatic heterocycles. The van der Waals surface area contributed by atoms with Gasteiger partial charge in [0.05, 0.1) is 5.56 Å². The molecule has 0 aliphatic carbocycles. The van der Waals surface area contributed by atoms with Crippen LogP contribution < -0.4 is 0 Å². The van der Waals surface area contributed by atoms with Gasteiger partial charge in [-0.05, 0) is 25.0 Å². The van der Waals surface area contributed by atoms with E-state index in [2.05, 4.69) is 0 Å². The number of likely N-dealkylation sites (tertiary alicyclic amines) is 1. The van der Waals surface area contributed by atoms with Gasteiger partial charge in [0, 0.05) is 18.5 Å². The van der Waals surface area contributed by atoms with Crippen LogP contribution in [-0.2, 0) is 0 Å². The molecule has 0 bridgehead atoms. The van der Waals surface area contributed by atoms with Gasteiger partial charge < -0.3 is 4.90 Å². The van der Waals surface area contributed by atoms with Gasteiger partial charge in [-0.1, -0.05) is 12.8 Å². The lowest BCUT2D eigenvalue weighted by atomic mass is 10.1. The SMILES string of the molecule is O=C(c1ccc(F)c(F)c1F)N1CCCCCC1CCl. The molecule has 0 radical (unpaired) electrons. The molecule has 0 saturated carbocycles. The second kappa shape index (κ2) is 6.48. The number of carbonyl (C=O) groups is 1. The summed E-state index contributed by atoms with van der Waals surface area (Å²) in [7, 11) is 0. The van der Waals surface area contributed by atoms with E-state index < -0.39 is 28.9 Å². The Morgan fingerprint density at radius 3 is 2.65 bits per heavy atom. The second-order valence-corrected chi connectivity index (χ2v) is 5.19. The fourth-order valence-corrected chi connectivity index (χ4v) is 2.77. The van der Waals surface area contributed by atoms with Crippen molar-refractivity contribution >= 4 is 17.5 Å². The van der Waals surface area contributed by atoms with Crippen LogP contribution in [0.3, 0.4) is 0 Å². The fraction of sp³-hybridized carbons (Fsp3) is 0.500. The highest BCUT2D eigenvalue weighted by Gasteiger charge is 2.28. The first-order valence-corrected chi connectivity index (χ1v) is 7.10. The quantitative estimate of drug-likeness (QED) is 0.602. The largest absolute Gasteiger partial charge is 0.334 e. The Morgan fingerprint density at radius 2 is 1.95 bits per heavy atom. The van der Waals surface area contributed by atoms with E-state index >= 15 is 0 Å². The third-order valence-corrected chi connectivity index (χ3v) is 3.94. The summed E-state index contributed by atoms with van der Waals surface area (Å²) < 4.78 is 39.8. The standard InChI is InChI=1S/C14H15ClF3NO/c15-8-9-4-2-1-3-7-19(9)14(20)10-5-6-11(16)13(18)12(10)17/h5-6,9H,1-4,7-8H2. The average Bonchev–Trinajstić information content (AvgIpc) is 2.69. The Balaban J connectivity index is 2.31. The Labute approximate surface area is 120 Å². The highest BCUT2D eigenvalue weighted by atomic mass is 35.5. The molecule has 1 aliphatic heterocycles. The van der Waals surface area contributed by atoms with E-state index in [0.29, 0.717) is 6.54 Å². The van der Waals surface area contributed by atoms with Crippen molar-refractivity contribution in [3.05, 3.63) is 35.1 Å². The normalized spacial score (nSPS) is 19.8. The molecule has 1 aromatic carbocycles. The van der Waals surface area contributed by atoms with Crippen LogP contribution in [0.4, 0.5) is 13.2 Å². The lowest BCUT2D eigenvalue weighted by Gasteiger charge is -2.28. The van der Waals surface area contributed by atoms with Crippen LogP contribution in [0.5, 0.6) is 0 Å². The molecule has 1 aliphatic rings. The Hall–Kier alpha value is -1.23. The monoisotopic (exact) mass is 305 g/mol. The van der Waals surface area contributed by atoms with Crippen molar-refractivity contribution in [1.82, 2.24) is 4.90 Å². The average molecular weight is 306 g/mol. The molecule has 1 saturated heterocycles. The molecule has 0 spiro atoms. The highest BCUT2D eigenvalue weighted by Crippen LogP contribution is 2.23. The Kier molecular flexibility index (Phi) is 4.91. The molecule has 20 heavy (non-hydrogen) atoms. The highest BCUT2D eigenvalue weighted by molar-refractivity contribution is 6.18. The van der Waals surface area contributed by atoms with Crippen molar-refractivity contribution in [2.75, 3.05) is 12.4 Å². The van der Waals surface area contributed by atoms with Gasteiger partial charge in [0.25, 0.3) is 5.91 Å². The second-order valence-electron chi connectivity index (χ2n) is 4.88. The van der Waals surface area contributed by atoms with Gasteiger partial charge >= 0.3 is 0 Å². The van der Waals surface area contributed by atoms with Gasteiger partial charge in [0.1, 0.15) is 0 Å². The van der Waals surface area contributed by atoms with E-state index in [9.17, 15) is 18.0 Å². The zero-order valence-electron chi connectivity index (χ0n) is 10.8. The van der Waals surface area contributed by atoms with Gasteiger partial charge in [0.15, 0.2) is 17.5 Å². The van der Waals surface area contributed by atoms with Gasteiger partial charge in [0.2, 0.25) is 0 Å². The molecule has 1 amide bonds. The van der Waals surface area contributed by atoms with E-state index in [-0.39, 0.29) is 11.9 Å². The van der Waals surface area contributed by atoms with Crippen LogP contribution in [0.25, 0.3) is 0 Å². The zero-order valence-corrected chi connectivity index (χ0v) is 11.6. The number of hydrogen-bond acceptors (Lipinski definition) is 1. The Bertz CT molecular complexity index is 509. The molecule has 1 unspecified atom stereocenters. The van der Waals surface area contributed by atoms with Gasteiger partial charge in [-0.15, -0.1) is 11.6 Å². The van der Waals surface area contributed by atoms with Gasteiger partial charge in [-0.25, -0.2) is 13.2 Å². The molecule has 1 atom stereocenters. The lowest BCUT2D eigenvalue weighted by Crippen LogP contribution is -2.41. The van der Waals surface area contributed by atoms with Crippen molar-refractivity contribution in [2.45, 2.75) is 31.7 Å². The summed E-state index contributed by atoms with van der Waals surface area (Å²) in [5.41, 5.74) is -0.444. The first-order valence-electron chi connectivity index (χ1n) is 6.56. The van der Waals surface area contributed by atoms with Crippen LogP contribution >= 0.6 is 11.6 Å². The molecule has 6 heteroatoms. The van der Waals surface area contributed by atoms with Crippen LogP contribution in [0, 0.1) is 17.5 Å². The topological polar surface area (TPSA) is 20.3 Å². The first-order chi connectivity index (χ1) is 9.56. The smallest absolute Gasteiger partial charge is 0.257 e. The molecule has 0 N–H and O–H groups in total. The molecule has 2 nitrogen and oxygen atoms in total. The maximum atomic E-state index is 13.7. The number of halogens is 4. The van der Waals surface area contributed by atoms with Crippen molar-refractivity contribution in [3.8, 4) is 0 Å². The summed E-state index contributed by atoms with van der Waals surface area (Å²) >= 11 is 5.85. The fourth-order valence-electron chi connectivity index (χ4n) is 2.45. The number of nitrogens with zero attached hydrogens (tertiary/aromatic N) is 1. The van der Waals surface area contributed by atoms with E-state index in [4.69, 9.17) is 11.6 Å². The summed E-state index contributed by atoms with van der Waals surface area (Å²) in [6.07, 6.45) is 3.45. The maximum absolute atomic E-state index is 13.7. The summed E-state index contributed by atoms with van der Waals surface area (Å²) in [4.78, 5) is 13.8. The maximum Gasteiger partial charge on any atom is 0.257 e. The number of carbonyl (C=O) groups excluding carboxylic acids is 1. The molecule has 2 rings (SSSR count). The van der Waals surface area contributed by atoms with Crippen LogP contribution in [0.15, 0.2) is 12.1 Å². The van der Waals surface area contributed by atoms with Crippen molar-refractivity contribution in [1.29, 1.82) is 0 Å². The molecule has 1 heterocycles. The molecule has 1 fully saturated rings. The van der Waals surface area contributed by atoms with Gasteiger partial charge in [-0.2, -0.15) is 0 Å². The van der Waals surface area contributed by atoms with Crippen molar-refractivity contribution in [2.24, 2.45) is 0 Å². The number of rotatable bonds is 2. The third kappa shape index (κ3) is 2.92. The number of hydrogen-bond donors (Lipinski definition) is 0. The van der Waals surface area contributed by atoms with E-state index in [0.717, 1.165) is 37.8 Å². The molecular weight excluding hydrogens is 291 g/mol. The third-order valence-electron chi connectivity index (χ3n) is 3.58. The molecule has 110 valence electrons. The van der Waals surface area contributed by atoms with Gasteiger partial charge in [-0.3, -0.25) is 4.79 Å². The number of alkyl halides is 1. The molecular formula is C14H15ClF3NO. The summed E-state index contributed by atoms with van der Waals surface area (Å²) in [6.45, 7) is 0.453. The lowest BCUT2D eigenvalue weighted by molar-refractivity contribution is 0.0694. The minimum absolute atomic E-state index is 0.195. The van der Waals surface area contributed by atoms with Crippen molar-refractivity contribution in [3.63, 3.8) is 0 Å². The van der Waals surface area contributed by atoms with Crippen molar-refractivity contribution < 1.29 is 18.0 Å². The van der Waals surface area contributed by atoms with Crippen LogP contribution in [0.2, 0.25) is 0 Å². The molecule has 1 aromatic rings. The van der Waals surface area contributed by atoms with E-state index in [1.807, 2.05) is 0 Å². The number of benzene rings is 1. The predicted octanol–water partition coefficient (Wildman–Crippen LogP) is 3.73. The summed E-state index contributed by atoms with van der Waals surface area (Å²) in [5.74, 6) is -4.74. The minimum Gasteiger partial charge on any atom is -0.334 e.